The van der Waals surface area contributed by atoms with Crippen molar-refractivity contribution in [1.82, 2.24) is 4.57 Å². The molecule has 0 spiro atoms. The van der Waals surface area contributed by atoms with Crippen LogP contribution in [0.3, 0.4) is 0 Å². The number of aliphatic imine (C=N–C) groups is 2. The third-order valence-electron chi connectivity index (χ3n) is 14.0. The van der Waals surface area contributed by atoms with Crippen LogP contribution >= 0.6 is 0 Å². The average Bonchev–Trinajstić information content (AvgIpc) is 3.64. The van der Waals surface area contributed by atoms with Gasteiger partial charge in [0.15, 0.2) is 5.84 Å². The molecule has 69 heavy (non-hydrogen) atoms. The predicted octanol–water partition coefficient (Wildman–Crippen LogP) is 17.3. The van der Waals surface area contributed by atoms with Gasteiger partial charge >= 0.3 is 0 Å². The summed E-state index contributed by atoms with van der Waals surface area (Å²) >= 11 is 0. The molecule has 0 fully saturated rings. The molecular formula is C66H45N3. The lowest BCUT2D eigenvalue weighted by Gasteiger charge is -2.16. The van der Waals surface area contributed by atoms with Crippen molar-refractivity contribution in [2.75, 3.05) is 0 Å². The molecule has 11 aromatic carbocycles. The number of hydrogen-bond donors (Lipinski definition) is 0. The summed E-state index contributed by atoms with van der Waals surface area (Å²) in [6.45, 7) is 2.18. The second kappa shape index (κ2) is 16.7. The lowest BCUT2D eigenvalue weighted by Crippen LogP contribution is -2.05. The van der Waals surface area contributed by atoms with Gasteiger partial charge in [0.05, 0.1) is 22.4 Å². The molecule has 0 atom stereocenters. The average molecular weight is 880 g/mol. The molecule has 0 bridgehead atoms. The van der Waals surface area contributed by atoms with Gasteiger partial charge in [-0.25, -0.2) is 9.98 Å². The minimum absolute atomic E-state index is 0.716. The van der Waals surface area contributed by atoms with Crippen molar-refractivity contribution < 1.29 is 0 Å². The van der Waals surface area contributed by atoms with Crippen LogP contribution in [-0.2, 0) is 0 Å². The van der Waals surface area contributed by atoms with E-state index in [-0.39, 0.29) is 0 Å². The van der Waals surface area contributed by atoms with Gasteiger partial charge in [-0.3, -0.25) is 0 Å². The summed E-state index contributed by atoms with van der Waals surface area (Å²) in [4.78, 5) is 10.7. The van der Waals surface area contributed by atoms with Gasteiger partial charge in [0.1, 0.15) is 0 Å². The second-order valence-electron chi connectivity index (χ2n) is 18.1. The maximum absolute atomic E-state index is 5.35. The zero-order chi connectivity index (χ0) is 45.8. The Balaban J connectivity index is 0.959. The van der Waals surface area contributed by atoms with Crippen molar-refractivity contribution in [2.45, 2.75) is 13.3 Å². The molecule has 13 rings (SSSR count). The van der Waals surface area contributed by atoms with Crippen LogP contribution in [-0.4, -0.2) is 16.1 Å². The quantitative estimate of drug-likeness (QED) is 0.143. The summed E-state index contributed by atoms with van der Waals surface area (Å²) < 4.78 is 2.43. The third-order valence-corrected chi connectivity index (χ3v) is 14.0. The highest BCUT2D eigenvalue weighted by Crippen LogP contribution is 2.43. The maximum atomic E-state index is 5.35. The fourth-order valence-electron chi connectivity index (χ4n) is 10.7. The standard InChI is InChI=1S/C66H45N3/c1-43-39-61(46-19-7-3-8-20-46)67-66(68-65(43)47-21-9-4-10-22-47)51-24-15-23-48(40-51)49-33-38-59-60(41-49)55-26-12-11-25-54(55)58-29-16-28-53(64(58)59)50-34-37-57-56-27-13-14-30-62(56)69(63(57)42-50)52-35-31-45(32-36-52)44-17-5-2-6-18-44/h2-38,40-42H,39H2,1H3. The molecule has 1 aliphatic rings. The first-order valence-electron chi connectivity index (χ1n) is 23.8. The molecule has 2 heterocycles. The van der Waals surface area contributed by atoms with Crippen molar-refractivity contribution in [1.29, 1.82) is 0 Å². The number of hydrogen-bond acceptors (Lipinski definition) is 2. The number of benzene rings is 11. The largest absolute Gasteiger partial charge is 0.309 e. The van der Waals surface area contributed by atoms with E-state index in [1.54, 1.807) is 0 Å². The predicted molar refractivity (Wildman–Crippen MR) is 293 cm³/mol. The summed E-state index contributed by atoms with van der Waals surface area (Å²) in [6.07, 6.45) is 0.717. The van der Waals surface area contributed by atoms with Gasteiger partial charge < -0.3 is 4.57 Å². The van der Waals surface area contributed by atoms with E-state index in [1.807, 2.05) is 0 Å². The van der Waals surface area contributed by atoms with Crippen molar-refractivity contribution in [3.8, 4) is 39.1 Å². The number of aromatic nitrogens is 1. The number of nitrogens with zero attached hydrogens (tertiary/aromatic N) is 3. The molecule has 3 heteroatoms. The fraction of sp³-hybridized carbons (Fsp3) is 0.0303. The highest BCUT2D eigenvalue weighted by molar-refractivity contribution is 6.29. The normalized spacial score (nSPS) is 13.1. The zero-order valence-corrected chi connectivity index (χ0v) is 38.1. The molecule has 0 amide bonds. The van der Waals surface area contributed by atoms with Crippen LogP contribution < -0.4 is 0 Å². The molecule has 0 N–H and O–H groups in total. The van der Waals surface area contributed by atoms with Gasteiger partial charge in [-0.2, -0.15) is 0 Å². The lowest BCUT2D eigenvalue weighted by atomic mass is 9.88. The molecule has 0 unspecified atom stereocenters. The van der Waals surface area contributed by atoms with Crippen molar-refractivity contribution >= 4 is 71.4 Å². The van der Waals surface area contributed by atoms with Crippen LogP contribution in [0, 0.1) is 0 Å². The summed E-state index contributed by atoms with van der Waals surface area (Å²) in [5.74, 6) is 0.716. The van der Waals surface area contributed by atoms with Crippen LogP contribution in [0.4, 0.5) is 0 Å². The second-order valence-corrected chi connectivity index (χ2v) is 18.1. The summed E-state index contributed by atoms with van der Waals surface area (Å²) in [5, 5.41) is 9.93. The fourth-order valence-corrected chi connectivity index (χ4v) is 10.7. The van der Waals surface area contributed by atoms with E-state index in [1.165, 1.54) is 82.0 Å². The molecule has 324 valence electrons. The van der Waals surface area contributed by atoms with Crippen molar-refractivity contribution in [3.05, 3.63) is 265 Å². The molecule has 1 aliphatic heterocycles. The summed E-state index contributed by atoms with van der Waals surface area (Å²) in [7, 11) is 0. The summed E-state index contributed by atoms with van der Waals surface area (Å²) in [5.41, 5.74) is 17.0. The first-order chi connectivity index (χ1) is 34.1. The molecule has 1 aromatic heterocycles. The van der Waals surface area contributed by atoms with E-state index < -0.39 is 0 Å². The number of allylic oxidation sites excluding steroid dienone is 1. The molecule has 0 saturated carbocycles. The Morgan fingerprint density at radius 1 is 0.333 bits per heavy atom. The SMILES string of the molecule is CC1=C(c2ccccc2)N=C(c2cccc(-c3ccc4c(c3)c3ccccc3c3cccc(-c5ccc6c7ccccc7n(-c7ccc(-c8ccccc8)cc7)c6c5)c34)c2)N=C(c2ccccc2)C1. The molecular weight excluding hydrogens is 835 g/mol. The van der Waals surface area contributed by atoms with Crippen LogP contribution in [0.1, 0.15) is 30.0 Å². The topological polar surface area (TPSA) is 29.6 Å². The Hall–Kier alpha value is -8.92. The maximum Gasteiger partial charge on any atom is 0.160 e. The van der Waals surface area contributed by atoms with Crippen LogP contribution in [0.5, 0.6) is 0 Å². The van der Waals surface area contributed by atoms with Crippen LogP contribution in [0.25, 0.3) is 98.9 Å². The molecule has 3 nitrogen and oxygen atoms in total. The number of para-hydroxylation sites is 1. The van der Waals surface area contributed by atoms with E-state index in [9.17, 15) is 0 Å². The first-order valence-corrected chi connectivity index (χ1v) is 23.8. The van der Waals surface area contributed by atoms with Gasteiger partial charge in [0.2, 0.25) is 0 Å². The van der Waals surface area contributed by atoms with Gasteiger partial charge in [-0.1, -0.05) is 206 Å². The van der Waals surface area contributed by atoms with Gasteiger partial charge in [-0.05, 0) is 120 Å². The van der Waals surface area contributed by atoms with E-state index in [2.05, 4.69) is 254 Å². The van der Waals surface area contributed by atoms with Crippen LogP contribution in [0.2, 0.25) is 0 Å². The molecule has 0 saturated heterocycles. The Morgan fingerprint density at radius 2 is 0.855 bits per heavy atom. The van der Waals surface area contributed by atoms with Crippen molar-refractivity contribution in [3.63, 3.8) is 0 Å². The number of amidine groups is 1. The Labute approximate surface area is 401 Å². The highest BCUT2D eigenvalue weighted by Gasteiger charge is 2.20. The molecule has 0 aliphatic carbocycles. The molecule has 12 aromatic rings. The molecule has 0 radical (unpaired) electrons. The van der Waals surface area contributed by atoms with Crippen LogP contribution in [0.15, 0.2) is 258 Å². The Morgan fingerprint density at radius 3 is 1.62 bits per heavy atom. The van der Waals surface area contributed by atoms with E-state index in [4.69, 9.17) is 9.98 Å². The van der Waals surface area contributed by atoms with E-state index >= 15 is 0 Å². The highest BCUT2D eigenvalue weighted by atomic mass is 15.0. The lowest BCUT2D eigenvalue weighted by molar-refractivity contribution is 1.18. The minimum Gasteiger partial charge on any atom is -0.309 e. The monoisotopic (exact) mass is 879 g/mol. The summed E-state index contributed by atoms with van der Waals surface area (Å²) in [6, 6.07) is 87.9. The smallest absolute Gasteiger partial charge is 0.160 e. The van der Waals surface area contributed by atoms with Gasteiger partial charge in [0, 0.05) is 34.0 Å². The van der Waals surface area contributed by atoms with E-state index in [0.717, 1.165) is 51.3 Å². The van der Waals surface area contributed by atoms with E-state index in [0.29, 0.717) is 5.84 Å². The Kier molecular flexibility index (Phi) is 9.80. The third kappa shape index (κ3) is 7.06. The van der Waals surface area contributed by atoms with Crippen molar-refractivity contribution in [2.24, 2.45) is 9.98 Å². The first kappa shape index (κ1) is 40.4. The number of fused-ring (bicyclic) bond motifs is 9. The minimum atomic E-state index is 0.716. The van der Waals surface area contributed by atoms with Gasteiger partial charge in [-0.15, -0.1) is 0 Å². The number of rotatable bonds is 7. The van der Waals surface area contributed by atoms with Gasteiger partial charge in [0.25, 0.3) is 0 Å². The Bertz CT molecular complexity index is 4060. The zero-order valence-electron chi connectivity index (χ0n) is 38.1.